The van der Waals surface area contributed by atoms with E-state index in [0.29, 0.717) is 16.4 Å². The predicted octanol–water partition coefficient (Wildman–Crippen LogP) is 7.79. The van der Waals surface area contributed by atoms with Gasteiger partial charge in [0.2, 0.25) is 5.91 Å². The maximum absolute atomic E-state index is 14.4. The molecule has 10 heteroatoms. The van der Waals surface area contributed by atoms with Crippen LogP contribution in [0.3, 0.4) is 0 Å². The fraction of sp³-hybridized carbons (Fsp3) is 0.0857. The van der Waals surface area contributed by atoms with Gasteiger partial charge < -0.3 is 16.0 Å². The fourth-order valence-electron chi connectivity index (χ4n) is 4.31. The van der Waals surface area contributed by atoms with Crippen LogP contribution in [0.15, 0.2) is 120 Å². The minimum absolute atomic E-state index is 0.131. The van der Waals surface area contributed by atoms with Gasteiger partial charge in [-0.1, -0.05) is 72.8 Å². The van der Waals surface area contributed by atoms with Crippen LogP contribution in [0.4, 0.5) is 15.2 Å². The quantitative estimate of drug-likeness (QED) is 0.107. The number of hydrogen-bond donors (Lipinski definition) is 3. The minimum Gasteiger partial charge on any atom is -0.321 e. The largest absolute Gasteiger partial charge is 0.321 e. The molecule has 45 heavy (non-hydrogen) atoms. The first-order valence-electron chi connectivity index (χ1n) is 14.0. The Bertz CT molecular complexity index is 1860. The van der Waals surface area contributed by atoms with Crippen LogP contribution in [-0.4, -0.2) is 28.0 Å². The van der Waals surface area contributed by atoms with Gasteiger partial charge in [0.1, 0.15) is 11.5 Å². The van der Waals surface area contributed by atoms with E-state index in [1.165, 1.54) is 41.3 Å². The number of carbonyl (C=O) groups is 3. The molecule has 5 aromatic rings. The number of aryl methyl sites for hydroxylation is 1. The zero-order chi connectivity index (χ0) is 31.8. The first-order chi connectivity index (χ1) is 21.8. The molecule has 3 N–H and O–H groups in total. The van der Waals surface area contributed by atoms with Crippen LogP contribution in [0, 0.1) is 12.7 Å². The summed E-state index contributed by atoms with van der Waals surface area (Å²) in [5, 5.41) is 8.36. The number of nitrogens with one attached hydrogen (secondary N) is 3. The molecular weight excluding hydrogens is 608 g/mol. The summed E-state index contributed by atoms with van der Waals surface area (Å²) in [4.78, 5) is 45.7. The Kier molecular flexibility index (Phi) is 10.2. The van der Waals surface area contributed by atoms with E-state index in [-0.39, 0.29) is 17.2 Å². The van der Waals surface area contributed by atoms with Crippen LogP contribution >= 0.6 is 23.1 Å². The second kappa shape index (κ2) is 14.6. The SMILES string of the molecule is Cc1sc(NC(=O)C(C)Sc2cccc(NC(=O)/C(=C/c3ccccc3F)NC(=O)c3ccccc3)c2)nc1-c1ccccc1. The third kappa shape index (κ3) is 8.31. The number of aromatic nitrogens is 1. The van der Waals surface area contributed by atoms with Crippen LogP contribution in [0.2, 0.25) is 0 Å². The zero-order valence-corrected chi connectivity index (χ0v) is 26.0. The van der Waals surface area contributed by atoms with E-state index in [1.807, 2.05) is 43.3 Å². The number of nitrogens with zero attached hydrogens (tertiary/aromatic N) is 1. The Hall–Kier alpha value is -5.06. The van der Waals surface area contributed by atoms with Crippen LogP contribution < -0.4 is 16.0 Å². The Morgan fingerprint density at radius 1 is 0.867 bits per heavy atom. The van der Waals surface area contributed by atoms with Gasteiger partial charge in [0, 0.05) is 32.2 Å². The number of benzene rings is 4. The maximum atomic E-state index is 14.4. The van der Waals surface area contributed by atoms with Crippen molar-refractivity contribution in [1.82, 2.24) is 10.3 Å². The van der Waals surface area contributed by atoms with E-state index < -0.39 is 22.9 Å². The third-order valence-corrected chi connectivity index (χ3v) is 8.56. The van der Waals surface area contributed by atoms with Crippen molar-refractivity contribution in [3.8, 4) is 11.3 Å². The molecule has 1 unspecified atom stereocenters. The molecule has 5 rings (SSSR count). The molecule has 1 atom stereocenters. The number of carbonyl (C=O) groups excluding carboxylic acids is 3. The Labute approximate surface area is 268 Å². The molecule has 1 heterocycles. The molecule has 3 amide bonds. The number of halogens is 1. The Morgan fingerprint density at radius 3 is 2.29 bits per heavy atom. The van der Waals surface area contributed by atoms with Gasteiger partial charge in [0.05, 0.1) is 10.9 Å². The summed E-state index contributed by atoms with van der Waals surface area (Å²) in [6.07, 6.45) is 1.29. The summed E-state index contributed by atoms with van der Waals surface area (Å²) < 4.78 is 14.4. The van der Waals surface area contributed by atoms with Crippen molar-refractivity contribution < 1.29 is 18.8 Å². The minimum atomic E-state index is -0.635. The Balaban J connectivity index is 1.27. The van der Waals surface area contributed by atoms with Gasteiger partial charge in [-0.05, 0) is 56.3 Å². The highest BCUT2D eigenvalue weighted by atomic mass is 32.2. The number of hydrogen-bond acceptors (Lipinski definition) is 6. The van der Waals surface area contributed by atoms with Gasteiger partial charge in [-0.15, -0.1) is 23.1 Å². The van der Waals surface area contributed by atoms with Gasteiger partial charge in [0.25, 0.3) is 11.8 Å². The summed E-state index contributed by atoms with van der Waals surface area (Å²) in [5.41, 5.74) is 2.62. The van der Waals surface area contributed by atoms with Crippen LogP contribution in [0.5, 0.6) is 0 Å². The van der Waals surface area contributed by atoms with Gasteiger partial charge in [-0.3, -0.25) is 14.4 Å². The second-order valence-corrected chi connectivity index (χ2v) is 12.5. The molecular formula is C35H29FN4O3S2. The standard InChI is InChI=1S/C35H29FN4O3S2/c1-22-31(24-12-5-3-6-13-24)39-35(45-22)40-32(41)23(2)44-28-18-11-17-27(21-28)37-34(43)30(20-26-16-9-10-19-29(26)36)38-33(42)25-14-7-4-8-15-25/h3-21,23H,1-2H3,(H,37,43)(H,38,42)(H,39,40,41)/b30-20-. The molecule has 0 aliphatic carbocycles. The summed E-state index contributed by atoms with van der Waals surface area (Å²) >= 11 is 2.74. The summed E-state index contributed by atoms with van der Waals surface area (Å²) in [6.45, 7) is 3.76. The van der Waals surface area contributed by atoms with Gasteiger partial charge in [0.15, 0.2) is 5.13 Å². The molecule has 0 fully saturated rings. The van der Waals surface area contributed by atoms with Crippen molar-refractivity contribution in [2.45, 2.75) is 24.0 Å². The molecule has 7 nitrogen and oxygen atoms in total. The first-order valence-corrected chi connectivity index (χ1v) is 15.7. The zero-order valence-electron chi connectivity index (χ0n) is 24.4. The fourth-order valence-corrected chi connectivity index (χ4v) is 6.08. The number of rotatable bonds is 10. The van der Waals surface area contributed by atoms with Crippen molar-refractivity contribution in [3.63, 3.8) is 0 Å². The monoisotopic (exact) mass is 636 g/mol. The van der Waals surface area contributed by atoms with Crippen LogP contribution in [-0.2, 0) is 9.59 Å². The van der Waals surface area contributed by atoms with Crippen molar-refractivity contribution in [1.29, 1.82) is 0 Å². The highest BCUT2D eigenvalue weighted by Gasteiger charge is 2.19. The van der Waals surface area contributed by atoms with Crippen molar-refractivity contribution in [2.24, 2.45) is 0 Å². The predicted molar refractivity (Wildman–Crippen MR) is 180 cm³/mol. The van der Waals surface area contributed by atoms with E-state index in [1.54, 1.807) is 67.6 Å². The Morgan fingerprint density at radius 2 is 1.56 bits per heavy atom. The molecule has 0 radical (unpaired) electrons. The summed E-state index contributed by atoms with van der Waals surface area (Å²) in [5.74, 6) is -1.89. The van der Waals surface area contributed by atoms with Gasteiger partial charge in [-0.25, -0.2) is 9.37 Å². The molecule has 1 aromatic heterocycles. The van der Waals surface area contributed by atoms with E-state index in [0.717, 1.165) is 21.0 Å². The lowest BCUT2D eigenvalue weighted by Gasteiger charge is -2.14. The van der Waals surface area contributed by atoms with Crippen molar-refractivity contribution in [2.75, 3.05) is 10.6 Å². The van der Waals surface area contributed by atoms with Crippen LogP contribution in [0.25, 0.3) is 17.3 Å². The van der Waals surface area contributed by atoms with Crippen LogP contribution in [0.1, 0.15) is 27.7 Å². The van der Waals surface area contributed by atoms with Crippen molar-refractivity contribution >= 4 is 57.7 Å². The third-order valence-electron chi connectivity index (χ3n) is 6.58. The molecule has 0 aliphatic heterocycles. The van der Waals surface area contributed by atoms with E-state index >= 15 is 0 Å². The van der Waals surface area contributed by atoms with Gasteiger partial charge >= 0.3 is 0 Å². The number of amides is 3. The van der Waals surface area contributed by atoms with Gasteiger partial charge in [-0.2, -0.15) is 0 Å². The highest BCUT2D eigenvalue weighted by molar-refractivity contribution is 8.00. The average molecular weight is 637 g/mol. The normalized spacial score (nSPS) is 11.8. The number of anilines is 2. The summed E-state index contributed by atoms with van der Waals surface area (Å²) in [6, 6.07) is 31.2. The smallest absolute Gasteiger partial charge is 0.272 e. The lowest BCUT2D eigenvalue weighted by atomic mass is 10.1. The van der Waals surface area contributed by atoms with E-state index in [4.69, 9.17) is 0 Å². The highest BCUT2D eigenvalue weighted by Crippen LogP contribution is 2.32. The first kappa shape index (κ1) is 31.4. The average Bonchev–Trinajstić information content (AvgIpc) is 3.42. The lowest BCUT2D eigenvalue weighted by molar-refractivity contribution is -0.115. The van der Waals surface area contributed by atoms with E-state index in [2.05, 4.69) is 20.9 Å². The van der Waals surface area contributed by atoms with E-state index in [9.17, 15) is 18.8 Å². The number of thioether (sulfide) groups is 1. The lowest BCUT2D eigenvalue weighted by Crippen LogP contribution is -2.30. The molecule has 4 aromatic carbocycles. The molecule has 226 valence electrons. The maximum Gasteiger partial charge on any atom is 0.272 e. The molecule has 0 saturated carbocycles. The second-order valence-electron chi connectivity index (χ2n) is 9.92. The molecule has 0 saturated heterocycles. The summed E-state index contributed by atoms with van der Waals surface area (Å²) in [7, 11) is 0. The number of thiazole rings is 1. The van der Waals surface area contributed by atoms with Crippen molar-refractivity contribution in [3.05, 3.63) is 137 Å². The molecule has 0 aliphatic rings. The molecule has 0 spiro atoms. The topological polar surface area (TPSA) is 100 Å². The molecule has 0 bridgehead atoms.